The number of halogens is 2. The Morgan fingerprint density at radius 2 is 1.00 bits per heavy atom. The van der Waals surface area contributed by atoms with Crippen LogP contribution in [0.2, 0.25) is 0 Å². The Bertz CT molecular complexity index is 268. The van der Waals surface area contributed by atoms with Crippen LogP contribution in [-0.4, -0.2) is 36.4 Å². The van der Waals surface area contributed by atoms with Crippen molar-refractivity contribution in [3.05, 3.63) is 49.1 Å². The van der Waals surface area contributed by atoms with Crippen LogP contribution in [0, 0.1) is 12.4 Å². The van der Waals surface area contributed by atoms with Gasteiger partial charge in [-0.2, -0.15) is 36.7 Å². The van der Waals surface area contributed by atoms with Gasteiger partial charge in [0.25, 0.3) is 0 Å². The molecule has 0 bridgehead atoms. The third kappa shape index (κ3) is 21.9. The summed E-state index contributed by atoms with van der Waals surface area (Å²) in [5.41, 5.74) is 0. The topological polar surface area (TPSA) is 50.0 Å². The van der Waals surface area contributed by atoms with Crippen LogP contribution in [0.3, 0.4) is 0 Å². The van der Waals surface area contributed by atoms with Gasteiger partial charge in [-0.3, -0.25) is 0 Å². The number of hydrogen-bond acceptors (Lipinski definition) is 2. The van der Waals surface area contributed by atoms with E-state index < -0.39 is 0 Å². The van der Waals surface area contributed by atoms with Crippen molar-refractivity contribution in [1.82, 2.24) is 9.97 Å². The van der Waals surface area contributed by atoms with Crippen LogP contribution in [0.4, 0.5) is 0 Å². The fourth-order valence-electron chi connectivity index (χ4n) is 1.50. The van der Waals surface area contributed by atoms with Gasteiger partial charge in [-0.25, -0.2) is 0 Å². The number of hydrogen-bond donors (Lipinski definition) is 2. The largest absolute Gasteiger partial charge is 4.00 e. The van der Waals surface area contributed by atoms with Crippen molar-refractivity contribution in [2.45, 2.75) is 25.7 Å². The summed E-state index contributed by atoms with van der Waals surface area (Å²) in [4.78, 5) is 5.47. The Labute approximate surface area is 171 Å². The van der Waals surface area contributed by atoms with Crippen LogP contribution >= 0.6 is 0 Å². The molecule has 2 aliphatic rings. The number of aromatic nitrogens is 2. The van der Waals surface area contributed by atoms with Crippen LogP contribution in [0.5, 0.6) is 0 Å². The first-order valence-corrected chi connectivity index (χ1v) is 7.14. The van der Waals surface area contributed by atoms with E-state index in [-0.39, 0.29) is 51.0 Å². The minimum Gasteiger partial charge on any atom is -1.00 e. The molecule has 0 amide bonds. The molecule has 4 rings (SSSR count). The van der Waals surface area contributed by atoms with Crippen LogP contribution in [-0.2, 0) is 35.7 Å². The number of rotatable bonds is 0. The smallest absolute Gasteiger partial charge is 1.00 e. The zero-order chi connectivity index (χ0) is 14.1. The third-order valence-corrected chi connectivity index (χ3v) is 2.54. The fraction of sp³-hybridized carbons (Fsp3) is 0.500. The average Bonchev–Trinajstić information content (AvgIpc) is 3.40. The summed E-state index contributed by atoms with van der Waals surface area (Å²) in [6.07, 6.45) is 14.2. The minimum absolute atomic E-state index is 0. The van der Waals surface area contributed by atoms with Crippen molar-refractivity contribution in [1.29, 1.82) is 0 Å². The van der Waals surface area contributed by atoms with Crippen LogP contribution in [0.25, 0.3) is 0 Å². The number of ether oxygens (including phenoxy) is 2. The molecule has 0 spiro atoms. The quantitative estimate of drug-likeness (QED) is 0.438. The molecular formula is C16H24Cl2N2O2Zr. The molecule has 2 aromatic rings. The Kier molecular flexibility index (Phi) is 29.2. The van der Waals surface area contributed by atoms with E-state index in [1.807, 2.05) is 36.7 Å². The van der Waals surface area contributed by atoms with Crippen LogP contribution in [0.1, 0.15) is 25.7 Å². The molecular weight excluding hydrogens is 414 g/mol. The SMILES string of the molecule is C1CCOC1.C1CCOC1.[Cl-].[Cl-].[Zr+4].[c-]1ccc[nH]1.[c-]1ccc[nH]1. The van der Waals surface area contributed by atoms with Gasteiger partial charge in [0.05, 0.1) is 0 Å². The summed E-state index contributed by atoms with van der Waals surface area (Å²) < 4.78 is 9.89. The van der Waals surface area contributed by atoms with Gasteiger partial charge in [-0.15, -0.1) is 12.4 Å². The maximum Gasteiger partial charge on any atom is 4.00 e. The minimum atomic E-state index is 0. The molecule has 2 saturated heterocycles. The number of aromatic amines is 2. The van der Waals surface area contributed by atoms with E-state index in [1.54, 1.807) is 0 Å². The van der Waals surface area contributed by atoms with Crippen molar-refractivity contribution in [2.24, 2.45) is 0 Å². The number of H-pyrrole nitrogens is 2. The van der Waals surface area contributed by atoms with Gasteiger partial charge >= 0.3 is 26.2 Å². The summed E-state index contributed by atoms with van der Waals surface area (Å²) in [5, 5.41) is 0. The van der Waals surface area contributed by atoms with Gasteiger partial charge in [0.15, 0.2) is 0 Å². The molecule has 128 valence electrons. The first-order chi connectivity index (χ1) is 10.0. The summed E-state index contributed by atoms with van der Waals surface area (Å²) in [7, 11) is 0. The van der Waals surface area contributed by atoms with E-state index in [2.05, 4.69) is 22.4 Å². The van der Waals surface area contributed by atoms with Crippen molar-refractivity contribution in [2.75, 3.05) is 26.4 Å². The second-order valence-electron chi connectivity index (χ2n) is 4.27. The molecule has 7 heteroatoms. The second kappa shape index (κ2) is 24.2. The predicted octanol–water partition coefficient (Wildman–Crippen LogP) is -2.77. The van der Waals surface area contributed by atoms with E-state index >= 15 is 0 Å². The van der Waals surface area contributed by atoms with E-state index in [0.29, 0.717) is 0 Å². The van der Waals surface area contributed by atoms with Crippen molar-refractivity contribution in [3.8, 4) is 0 Å². The molecule has 2 fully saturated rings. The molecule has 2 aliphatic heterocycles. The van der Waals surface area contributed by atoms with Crippen molar-refractivity contribution in [3.63, 3.8) is 0 Å². The van der Waals surface area contributed by atoms with E-state index in [1.165, 1.54) is 25.7 Å². The fourth-order valence-corrected chi connectivity index (χ4v) is 1.50. The van der Waals surface area contributed by atoms with Crippen LogP contribution < -0.4 is 24.8 Å². The molecule has 0 radical (unpaired) electrons. The average molecular weight is 439 g/mol. The standard InChI is InChI=1S/2C4H4N.2C4H8O.2ClH.Zr/c4*1-2-4-5-3-1;;;/h2*1-3,5H;2*1-4H2;2*1H;/q2*-1;;;;;+4/p-2. The molecule has 0 unspecified atom stereocenters. The van der Waals surface area contributed by atoms with Gasteiger partial charge in [0.2, 0.25) is 0 Å². The van der Waals surface area contributed by atoms with Crippen molar-refractivity contribution < 1.29 is 60.5 Å². The molecule has 4 heterocycles. The zero-order valence-electron chi connectivity index (χ0n) is 13.2. The summed E-state index contributed by atoms with van der Waals surface area (Å²) in [5.74, 6) is 0. The third-order valence-electron chi connectivity index (χ3n) is 2.54. The molecule has 23 heavy (non-hydrogen) atoms. The Balaban J connectivity index is -0.000000222. The van der Waals surface area contributed by atoms with Gasteiger partial charge in [-0.1, -0.05) is 0 Å². The molecule has 0 atom stereocenters. The molecule has 4 nitrogen and oxygen atoms in total. The van der Waals surface area contributed by atoms with E-state index in [0.717, 1.165) is 26.4 Å². The second-order valence-corrected chi connectivity index (χ2v) is 4.27. The number of nitrogens with one attached hydrogen (secondary N) is 2. The predicted molar refractivity (Wildman–Crippen MR) is 79.4 cm³/mol. The van der Waals surface area contributed by atoms with E-state index in [4.69, 9.17) is 9.47 Å². The van der Waals surface area contributed by atoms with Gasteiger partial charge < -0.3 is 44.3 Å². The first kappa shape index (κ1) is 27.8. The summed E-state index contributed by atoms with van der Waals surface area (Å²) >= 11 is 0. The molecule has 0 aliphatic carbocycles. The molecule has 0 saturated carbocycles. The van der Waals surface area contributed by atoms with Crippen LogP contribution in [0.15, 0.2) is 36.7 Å². The summed E-state index contributed by atoms with van der Waals surface area (Å²) in [6.45, 7) is 4.00. The Morgan fingerprint density at radius 3 is 1.09 bits per heavy atom. The Hall–Kier alpha value is -0.0569. The van der Waals surface area contributed by atoms with Crippen molar-refractivity contribution >= 4 is 0 Å². The molecule has 2 aromatic heterocycles. The molecule has 2 N–H and O–H groups in total. The van der Waals surface area contributed by atoms with Gasteiger partial charge in [0.1, 0.15) is 0 Å². The maximum atomic E-state index is 4.94. The zero-order valence-corrected chi connectivity index (χ0v) is 17.2. The summed E-state index contributed by atoms with van der Waals surface area (Å²) in [6, 6.07) is 7.42. The van der Waals surface area contributed by atoms with Gasteiger partial charge in [-0.05, 0) is 25.7 Å². The molecule has 0 aromatic carbocycles. The Morgan fingerprint density at radius 1 is 0.652 bits per heavy atom. The maximum absolute atomic E-state index is 4.94. The first-order valence-electron chi connectivity index (χ1n) is 7.14. The van der Waals surface area contributed by atoms with Gasteiger partial charge in [0, 0.05) is 26.4 Å². The monoisotopic (exact) mass is 436 g/mol. The normalized spacial score (nSPS) is 13.9. The van der Waals surface area contributed by atoms with E-state index in [9.17, 15) is 0 Å².